The normalized spacial score (nSPS) is 11.9. The summed E-state index contributed by atoms with van der Waals surface area (Å²) in [6.45, 7) is 3.83. The van der Waals surface area contributed by atoms with Gasteiger partial charge in [0.15, 0.2) is 5.78 Å². The van der Waals surface area contributed by atoms with Gasteiger partial charge in [0.05, 0.1) is 7.11 Å². The minimum Gasteiger partial charge on any atom is -0.469 e. The molecule has 1 atom stereocenters. The van der Waals surface area contributed by atoms with Crippen molar-refractivity contribution in [2.45, 2.75) is 26.7 Å². The minimum atomic E-state index is -0.269. The Kier molecular flexibility index (Phi) is 4.88. The molecule has 0 radical (unpaired) electrons. The second-order valence-corrected chi connectivity index (χ2v) is 4.38. The highest BCUT2D eigenvalue weighted by Crippen LogP contribution is 2.14. The van der Waals surface area contributed by atoms with Crippen molar-refractivity contribution in [3.05, 3.63) is 35.4 Å². The minimum absolute atomic E-state index is 0.00969. The third-order valence-corrected chi connectivity index (χ3v) is 2.62. The Morgan fingerprint density at radius 3 is 2.59 bits per heavy atom. The van der Waals surface area contributed by atoms with Crippen LogP contribution in [-0.4, -0.2) is 18.9 Å². The first-order valence-electron chi connectivity index (χ1n) is 5.69. The van der Waals surface area contributed by atoms with E-state index in [4.69, 9.17) is 0 Å². The van der Waals surface area contributed by atoms with E-state index in [0.29, 0.717) is 12.0 Å². The highest BCUT2D eigenvalue weighted by atomic mass is 16.5. The van der Waals surface area contributed by atoms with E-state index in [1.807, 2.05) is 32.0 Å². The fraction of sp³-hybridized carbons (Fsp3) is 0.429. The second-order valence-electron chi connectivity index (χ2n) is 4.38. The highest BCUT2D eigenvalue weighted by molar-refractivity contribution is 5.96. The monoisotopic (exact) mass is 234 g/mol. The van der Waals surface area contributed by atoms with Crippen LogP contribution in [-0.2, 0) is 9.53 Å². The van der Waals surface area contributed by atoms with Gasteiger partial charge in [0.1, 0.15) is 0 Å². The van der Waals surface area contributed by atoms with Gasteiger partial charge in [-0.15, -0.1) is 0 Å². The summed E-state index contributed by atoms with van der Waals surface area (Å²) in [7, 11) is 1.36. The molecule has 1 aromatic rings. The number of benzene rings is 1. The van der Waals surface area contributed by atoms with Gasteiger partial charge in [-0.1, -0.05) is 30.7 Å². The van der Waals surface area contributed by atoms with Crippen LogP contribution in [0.5, 0.6) is 0 Å². The largest absolute Gasteiger partial charge is 0.469 e. The molecule has 3 heteroatoms. The number of esters is 1. The SMILES string of the molecule is COC(=O)C[C@H](C)CC(=O)c1cccc(C)c1. The van der Waals surface area contributed by atoms with Crippen molar-refractivity contribution in [2.24, 2.45) is 5.92 Å². The number of carbonyl (C=O) groups excluding carboxylic acids is 2. The number of methoxy groups -OCH3 is 1. The summed E-state index contributed by atoms with van der Waals surface area (Å²) in [6.07, 6.45) is 0.659. The molecule has 0 aliphatic rings. The molecular weight excluding hydrogens is 216 g/mol. The molecule has 92 valence electrons. The maximum atomic E-state index is 11.9. The summed E-state index contributed by atoms with van der Waals surface area (Å²) in [6, 6.07) is 7.50. The summed E-state index contributed by atoms with van der Waals surface area (Å²) < 4.78 is 4.58. The predicted octanol–water partition coefficient (Wildman–Crippen LogP) is 2.77. The van der Waals surface area contributed by atoms with E-state index in [2.05, 4.69) is 4.74 Å². The lowest BCUT2D eigenvalue weighted by Crippen LogP contribution is -2.11. The van der Waals surface area contributed by atoms with E-state index in [0.717, 1.165) is 5.56 Å². The smallest absolute Gasteiger partial charge is 0.305 e. The van der Waals surface area contributed by atoms with Crippen molar-refractivity contribution < 1.29 is 14.3 Å². The van der Waals surface area contributed by atoms with Gasteiger partial charge in [-0.25, -0.2) is 0 Å². The molecule has 1 aromatic carbocycles. The maximum absolute atomic E-state index is 11.9. The Balaban J connectivity index is 2.57. The Bertz CT molecular complexity index is 410. The van der Waals surface area contributed by atoms with Crippen LogP contribution in [0.2, 0.25) is 0 Å². The van der Waals surface area contributed by atoms with E-state index in [1.54, 1.807) is 6.07 Å². The van der Waals surface area contributed by atoms with E-state index in [-0.39, 0.29) is 24.1 Å². The molecular formula is C14H18O3. The molecule has 0 spiro atoms. The summed E-state index contributed by atoms with van der Waals surface area (Å²) in [5.74, 6) is -0.185. The van der Waals surface area contributed by atoms with Gasteiger partial charge < -0.3 is 4.74 Å². The van der Waals surface area contributed by atoms with Gasteiger partial charge in [-0.3, -0.25) is 9.59 Å². The number of hydrogen-bond donors (Lipinski definition) is 0. The molecule has 0 saturated heterocycles. The van der Waals surface area contributed by atoms with Crippen molar-refractivity contribution in [1.29, 1.82) is 0 Å². The van der Waals surface area contributed by atoms with Gasteiger partial charge >= 0.3 is 5.97 Å². The van der Waals surface area contributed by atoms with Crippen LogP contribution in [0.3, 0.4) is 0 Å². The Hall–Kier alpha value is -1.64. The van der Waals surface area contributed by atoms with Crippen LogP contribution in [0.25, 0.3) is 0 Å². The molecule has 0 unspecified atom stereocenters. The van der Waals surface area contributed by atoms with E-state index in [1.165, 1.54) is 7.11 Å². The number of rotatable bonds is 5. The number of Topliss-reactive ketones (excluding diaryl/α,β-unsaturated/α-hetero) is 1. The fourth-order valence-electron chi connectivity index (χ4n) is 1.69. The molecule has 0 saturated carbocycles. The lowest BCUT2D eigenvalue weighted by molar-refractivity contribution is -0.141. The quantitative estimate of drug-likeness (QED) is 0.581. The second kappa shape index (κ2) is 6.18. The topological polar surface area (TPSA) is 43.4 Å². The fourth-order valence-corrected chi connectivity index (χ4v) is 1.69. The molecule has 0 fully saturated rings. The Morgan fingerprint density at radius 1 is 1.29 bits per heavy atom. The number of ketones is 1. The zero-order valence-corrected chi connectivity index (χ0v) is 10.5. The maximum Gasteiger partial charge on any atom is 0.305 e. The van der Waals surface area contributed by atoms with Crippen LogP contribution < -0.4 is 0 Å². The summed E-state index contributed by atoms with van der Waals surface area (Å²) in [5.41, 5.74) is 1.78. The van der Waals surface area contributed by atoms with Gasteiger partial charge in [0, 0.05) is 18.4 Å². The highest BCUT2D eigenvalue weighted by Gasteiger charge is 2.14. The average molecular weight is 234 g/mol. The lowest BCUT2D eigenvalue weighted by Gasteiger charge is -2.09. The van der Waals surface area contributed by atoms with E-state index < -0.39 is 0 Å². The molecule has 0 heterocycles. The van der Waals surface area contributed by atoms with Crippen LogP contribution in [0.1, 0.15) is 35.7 Å². The molecule has 0 aromatic heterocycles. The first kappa shape index (κ1) is 13.4. The molecule has 0 aliphatic heterocycles. The number of carbonyl (C=O) groups is 2. The molecule has 0 N–H and O–H groups in total. The Labute approximate surface area is 102 Å². The van der Waals surface area contributed by atoms with E-state index >= 15 is 0 Å². The first-order chi connectivity index (χ1) is 8.02. The van der Waals surface area contributed by atoms with Gasteiger partial charge in [0.2, 0.25) is 0 Å². The van der Waals surface area contributed by atoms with Crippen LogP contribution >= 0.6 is 0 Å². The molecule has 0 bridgehead atoms. The van der Waals surface area contributed by atoms with Crippen molar-refractivity contribution >= 4 is 11.8 Å². The molecule has 1 rings (SSSR count). The van der Waals surface area contributed by atoms with Crippen molar-refractivity contribution in [1.82, 2.24) is 0 Å². The zero-order valence-electron chi connectivity index (χ0n) is 10.5. The molecule has 0 aliphatic carbocycles. The third kappa shape index (κ3) is 4.39. The van der Waals surface area contributed by atoms with Gasteiger partial charge in [-0.2, -0.15) is 0 Å². The summed E-state index contributed by atoms with van der Waals surface area (Å²) >= 11 is 0. The zero-order chi connectivity index (χ0) is 12.8. The molecule has 3 nitrogen and oxygen atoms in total. The standard InChI is InChI=1S/C14H18O3/c1-10-5-4-6-12(7-10)13(15)8-11(2)9-14(16)17-3/h4-7,11H,8-9H2,1-3H3/t11-/m1/s1. The summed E-state index contributed by atoms with van der Waals surface area (Å²) in [4.78, 5) is 23.0. The molecule has 17 heavy (non-hydrogen) atoms. The van der Waals surface area contributed by atoms with Crippen molar-refractivity contribution in [3.63, 3.8) is 0 Å². The Morgan fingerprint density at radius 2 is 2.00 bits per heavy atom. The van der Waals surface area contributed by atoms with Gasteiger partial charge in [0.25, 0.3) is 0 Å². The van der Waals surface area contributed by atoms with Crippen LogP contribution in [0.4, 0.5) is 0 Å². The average Bonchev–Trinajstić information content (AvgIpc) is 2.28. The van der Waals surface area contributed by atoms with E-state index in [9.17, 15) is 9.59 Å². The van der Waals surface area contributed by atoms with Crippen LogP contribution in [0, 0.1) is 12.8 Å². The third-order valence-electron chi connectivity index (χ3n) is 2.62. The number of ether oxygens (including phenoxy) is 1. The van der Waals surface area contributed by atoms with Crippen molar-refractivity contribution in [3.8, 4) is 0 Å². The molecule has 0 amide bonds. The van der Waals surface area contributed by atoms with Crippen molar-refractivity contribution in [2.75, 3.05) is 7.11 Å². The lowest BCUT2D eigenvalue weighted by atomic mass is 9.96. The number of aryl methyl sites for hydroxylation is 1. The predicted molar refractivity (Wildman–Crippen MR) is 65.9 cm³/mol. The summed E-state index contributed by atoms with van der Waals surface area (Å²) in [5, 5.41) is 0. The van der Waals surface area contributed by atoms with Gasteiger partial charge in [-0.05, 0) is 18.9 Å². The van der Waals surface area contributed by atoms with Crippen LogP contribution in [0.15, 0.2) is 24.3 Å². The number of hydrogen-bond acceptors (Lipinski definition) is 3. The first-order valence-corrected chi connectivity index (χ1v) is 5.69.